The van der Waals surface area contributed by atoms with Crippen molar-refractivity contribution in [3.63, 3.8) is 0 Å². The first kappa shape index (κ1) is 22.3. The summed E-state index contributed by atoms with van der Waals surface area (Å²) in [5.41, 5.74) is 0.753. The molecule has 0 unspecified atom stereocenters. The van der Waals surface area contributed by atoms with E-state index in [9.17, 15) is 19.2 Å². The Morgan fingerprint density at radius 2 is 1.83 bits per heavy atom. The summed E-state index contributed by atoms with van der Waals surface area (Å²) in [6, 6.07) is 6.00. The fourth-order valence-electron chi connectivity index (χ4n) is 2.96. The minimum atomic E-state index is -1.48. The van der Waals surface area contributed by atoms with E-state index in [0.717, 1.165) is 18.5 Å². The fourth-order valence-corrected chi connectivity index (χ4v) is 2.96. The normalized spacial score (nSPS) is 17.8. The lowest BCUT2D eigenvalue weighted by Gasteiger charge is -2.21. The molecule has 29 heavy (non-hydrogen) atoms. The number of rotatable bonds is 10. The number of aliphatic hydroxyl groups excluding tert-OH is 1. The Morgan fingerprint density at radius 1 is 1.10 bits per heavy atom. The van der Waals surface area contributed by atoms with Gasteiger partial charge in [-0.05, 0) is 24.9 Å². The summed E-state index contributed by atoms with van der Waals surface area (Å²) in [6.45, 7) is -0.339. The van der Waals surface area contributed by atoms with Crippen LogP contribution in [0.5, 0.6) is 0 Å². The zero-order valence-electron chi connectivity index (χ0n) is 15.9. The largest absolute Gasteiger partial charge is 0.480 e. The molecule has 1 saturated heterocycles. The number of hydrogen-bond acceptors (Lipinski definition) is 6. The van der Waals surface area contributed by atoms with Crippen LogP contribution < -0.4 is 21.3 Å². The van der Waals surface area contributed by atoms with Crippen LogP contribution in [-0.2, 0) is 25.6 Å². The first-order valence-corrected chi connectivity index (χ1v) is 9.39. The van der Waals surface area contributed by atoms with E-state index in [1.807, 2.05) is 0 Å². The van der Waals surface area contributed by atoms with Crippen molar-refractivity contribution in [2.24, 2.45) is 0 Å². The van der Waals surface area contributed by atoms with Crippen molar-refractivity contribution in [2.45, 2.75) is 37.4 Å². The molecule has 0 aliphatic carbocycles. The van der Waals surface area contributed by atoms with Crippen LogP contribution in [0.4, 0.5) is 0 Å². The number of benzene rings is 1. The van der Waals surface area contributed by atoms with Gasteiger partial charge >= 0.3 is 5.97 Å². The van der Waals surface area contributed by atoms with Gasteiger partial charge < -0.3 is 31.5 Å². The monoisotopic (exact) mass is 406 g/mol. The Labute approximate surface area is 168 Å². The van der Waals surface area contributed by atoms with Crippen LogP contribution >= 0.6 is 0 Å². The Bertz CT molecular complexity index is 721. The van der Waals surface area contributed by atoms with Crippen LogP contribution in [0.25, 0.3) is 0 Å². The highest BCUT2D eigenvalue weighted by atomic mass is 16.4. The molecule has 1 aromatic rings. The lowest BCUT2D eigenvalue weighted by atomic mass is 10.0. The molecule has 1 aromatic carbocycles. The van der Waals surface area contributed by atoms with E-state index in [2.05, 4.69) is 21.3 Å². The minimum absolute atomic E-state index is 0.119. The maximum atomic E-state index is 12.5. The second-order valence-corrected chi connectivity index (χ2v) is 6.76. The van der Waals surface area contributed by atoms with E-state index < -0.39 is 36.5 Å². The minimum Gasteiger partial charge on any atom is -0.480 e. The van der Waals surface area contributed by atoms with Crippen LogP contribution in [0.15, 0.2) is 30.3 Å². The molecule has 1 heterocycles. The van der Waals surface area contributed by atoms with Crippen LogP contribution in [0.1, 0.15) is 18.4 Å². The molecule has 158 valence electrons. The molecular weight excluding hydrogens is 380 g/mol. The van der Waals surface area contributed by atoms with Crippen molar-refractivity contribution < 1.29 is 29.4 Å². The summed E-state index contributed by atoms with van der Waals surface area (Å²) < 4.78 is 0. The molecule has 1 aliphatic rings. The van der Waals surface area contributed by atoms with Gasteiger partial charge in [-0.15, -0.1) is 0 Å². The standard InChI is InChI=1S/C19H26N4O6/c24-11-15(19(28)29)23-18(27)14(9-12-5-2-1-3-6-12)22-16(25)10-21-17(26)13-7-4-8-20-13/h1-3,5-6,13-15,20,24H,4,7-11H2,(H,21,26)(H,22,25)(H,23,27)(H,28,29)/t13-,14-,15-/m0/s1. The highest BCUT2D eigenvalue weighted by Crippen LogP contribution is 2.05. The molecule has 0 saturated carbocycles. The van der Waals surface area contributed by atoms with Gasteiger partial charge in [-0.2, -0.15) is 0 Å². The van der Waals surface area contributed by atoms with Gasteiger partial charge in [0, 0.05) is 6.42 Å². The number of hydrogen-bond donors (Lipinski definition) is 6. The number of nitrogens with one attached hydrogen (secondary N) is 4. The second-order valence-electron chi connectivity index (χ2n) is 6.76. The van der Waals surface area contributed by atoms with Crippen LogP contribution in [0.2, 0.25) is 0 Å². The van der Waals surface area contributed by atoms with Gasteiger partial charge in [0.15, 0.2) is 0 Å². The summed E-state index contributed by atoms with van der Waals surface area (Å²) >= 11 is 0. The van der Waals surface area contributed by atoms with Crippen molar-refractivity contribution in [3.05, 3.63) is 35.9 Å². The van der Waals surface area contributed by atoms with E-state index in [4.69, 9.17) is 10.2 Å². The van der Waals surface area contributed by atoms with E-state index in [1.165, 1.54) is 0 Å². The quantitative estimate of drug-likeness (QED) is 0.266. The highest BCUT2D eigenvalue weighted by Gasteiger charge is 2.27. The number of aliphatic carboxylic acids is 1. The average Bonchev–Trinajstić information content (AvgIpc) is 3.25. The summed E-state index contributed by atoms with van der Waals surface area (Å²) in [7, 11) is 0. The van der Waals surface area contributed by atoms with Gasteiger partial charge in [-0.1, -0.05) is 30.3 Å². The predicted octanol–water partition coefficient (Wildman–Crippen LogP) is -1.86. The lowest BCUT2D eigenvalue weighted by molar-refractivity contribution is -0.143. The molecule has 0 radical (unpaired) electrons. The first-order chi connectivity index (χ1) is 13.9. The van der Waals surface area contributed by atoms with Crippen LogP contribution in [-0.4, -0.2) is 71.7 Å². The molecule has 0 spiro atoms. The topological polar surface area (TPSA) is 157 Å². The third-order valence-corrected chi connectivity index (χ3v) is 4.53. The molecule has 0 aromatic heterocycles. The van der Waals surface area contributed by atoms with E-state index in [0.29, 0.717) is 6.42 Å². The van der Waals surface area contributed by atoms with Gasteiger partial charge in [0.05, 0.1) is 19.2 Å². The molecule has 0 bridgehead atoms. The average molecular weight is 406 g/mol. The number of carbonyl (C=O) groups excluding carboxylic acids is 3. The maximum Gasteiger partial charge on any atom is 0.328 e. The third kappa shape index (κ3) is 7.16. The Kier molecular flexibility index (Phi) is 8.56. The molecular formula is C19H26N4O6. The molecule has 2 rings (SSSR count). The first-order valence-electron chi connectivity index (χ1n) is 9.39. The summed E-state index contributed by atoms with van der Waals surface area (Å²) in [4.78, 5) is 47.8. The molecule has 1 fully saturated rings. The zero-order valence-corrected chi connectivity index (χ0v) is 15.9. The zero-order chi connectivity index (χ0) is 21.2. The van der Waals surface area contributed by atoms with Gasteiger partial charge in [-0.3, -0.25) is 14.4 Å². The number of carboxylic acids is 1. The number of aliphatic hydroxyl groups is 1. The van der Waals surface area contributed by atoms with Crippen molar-refractivity contribution in [1.82, 2.24) is 21.3 Å². The van der Waals surface area contributed by atoms with Gasteiger partial charge in [0.2, 0.25) is 17.7 Å². The lowest BCUT2D eigenvalue weighted by Crippen LogP contribution is -2.55. The predicted molar refractivity (Wildman–Crippen MR) is 103 cm³/mol. The second kappa shape index (κ2) is 11.1. The van der Waals surface area contributed by atoms with Crippen molar-refractivity contribution in [3.8, 4) is 0 Å². The van der Waals surface area contributed by atoms with E-state index in [-0.39, 0.29) is 24.9 Å². The van der Waals surface area contributed by atoms with Crippen LogP contribution in [0.3, 0.4) is 0 Å². The van der Waals surface area contributed by atoms with Crippen molar-refractivity contribution in [1.29, 1.82) is 0 Å². The summed E-state index contributed by atoms with van der Waals surface area (Å²) in [5, 5.41) is 28.4. The Balaban J connectivity index is 1.97. The Hall–Kier alpha value is -2.98. The fraction of sp³-hybridized carbons (Fsp3) is 0.474. The number of carbonyl (C=O) groups is 4. The third-order valence-electron chi connectivity index (χ3n) is 4.53. The smallest absolute Gasteiger partial charge is 0.328 e. The van der Waals surface area contributed by atoms with E-state index in [1.54, 1.807) is 30.3 Å². The number of amides is 3. The molecule has 1 aliphatic heterocycles. The molecule has 6 N–H and O–H groups in total. The summed E-state index contributed by atoms with van der Waals surface area (Å²) in [6.07, 6.45) is 1.71. The molecule has 3 amide bonds. The van der Waals surface area contributed by atoms with Crippen LogP contribution in [0, 0.1) is 0 Å². The number of carboxylic acid groups (broad SMARTS) is 1. The highest BCUT2D eigenvalue weighted by molar-refractivity contribution is 5.92. The Morgan fingerprint density at radius 3 is 2.41 bits per heavy atom. The van der Waals surface area contributed by atoms with Gasteiger partial charge in [0.1, 0.15) is 12.1 Å². The van der Waals surface area contributed by atoms with Gasteiger partial charge in [-0.25, -0.2) is 4.79 Å². The summed E-state index contributed by atoms with van der Waals surface area (Å²) in [5.74, 6) is -2.99. The van der Waals surface area contributed by atoms with Gasteiger partial charge in [0.25, 0.3) is 0 Å². The SMILES string of the molecule is O=C(CNC(=O)[C@@H]1CCCN1)N[C@@H](Cc1ccccc1)C(=O)N[C@@H](CO)C(=O)O. The van der Waals surface area contributed by atoms with E-state index >= 15 is 0 Å². The maximum absolute atomic E-state index is 12.5. The molecule has 10 heteroatoms. The molecule has 10 nitrogen and oxygen atoms in total. The van der Waals surface area contributed by atoms with Crippen molar-refractivity contribution >= 4 is 23.7 Å². The van der Waals surface area contributed by atoms with Crippen molar-refractivity contribution in [2.75, 3.05) is 19.7 Å². The molecule has 3 atom stereocenters.